The molecule has 0 unspecified atom stereocenters. The summed E-state index contributed by atoms with van der Waals surface area (Å²) in [6, 6.07) is 10.1. The van der Waals surface area contributed by atoms with Crippen LogP contribution < -0.4 is 5.32 Å². The second-order valence-electron chi connectivity index (χ2n) is 6.45. The van der Waals surface area contributed by atoms with Crippen LogP contribution in [0.4, 0.5) is 0 Å². The van der Waals surface area contributed by atoms with Gasteiger partial charge in [0.1, 0.15) is 0 Å². The molecule has 1 N–H and O–H groups in total. The van der Waals surface area contributed by atoms with Crippen LogP contribution in [0.2, 0.25) is 0 Å². The molecule has 0 spiro atoms. The van der Waals surface area contributed by atoms with Gasteiger partial charge in [0.15, 0.2) is 0 Å². The number of carbonyl (C=O) groups excluding carboxylic acids is 2. The molecule has 5 heteroatoms. The molecule has 3 rings (SSSR count). The van der Waals surface area contributed by atoms with E-state index in [4.69, 9.17) is 0 Å². The summed E-state index contributed by atoms with van der Waals surface area (Å²) in [4.78, 5) is 28.5. The lowest BCUT2D eigenvalue weighted by atomic mass is 10.1. The lowest BCUT2D eigenvalue weighted by Crippen LogP contribution is -2.51. The second kappa shape index (κ2) is 7.18. The normalized spacial score (nSPS) is 20.9. The van der Waals surface area contributed by atoms with Crippen molar-refractivity contribution in [3.8, 4) is 0 Å². The lowest BCUT2D eigenvalue weighted by Gasteiger charge is -2.34. The fraction of sp³-hybridized carbons (Fsp3) is 0.474. The minimum atomic E-state index is -0.0395. The summed E-state index contributed by atoms with van der Waals surface area (Å²) in [5.74, 6) is 0.231. The summed E-state index contributed by atoms with van der Waals surface area (Å²) < 4.78 is 0. The number of amides is 2. The van der Waals surface area contributed by atoms with Gasteiger partial charge in [0.05, 0.1) is 12.5 Å². The molecule has 128 valence electrons. The predicted octanol–water partition coefficient (Wildman–Crippen LogP) is 1.37. The minimum absolute atomic E-state index is 0.0395. The van der Waals surface area contributed by atoms with Crippen molar-refractivity contribution in [2.45, 2.75) is 13.8 Å². The van der Waals surface area contributed by atoms with Crippen molar-refractivity contribution in [1.29, 1.82) is 0 Å². The van der Waals surface area contributed by atoms with E-state index in [9.17, 15) is 9.59 Å². The van der Waals surface area contributed by atoms with E-state index in [0.29, 0.717) is 26.2 Å². The number of nitrogens with zero attached hydrogens (tertiary/aromatic N) is 2. The van der Waals surface area contributed by atoms with Crippen LogP contribution in [0, 0.1) is 5.92 Å². The maximum atomic E-state index is 12.8. The number of nitrogens with one attached hydrogen (secondary N) is 1. The van der Waals surface area contributed by atoms with Gasteiger partial charge in [-0.1, -0.05) is 35.9 Å². The Kier molecular flexibility index (Phi) is 5.00. The number of carbonyl (C=O) groups is 2. The van der Waals surface area contributed by atoms with Gasteiger partial charge in [0.2, 0.25) is 11.8 Å². The molecule has 0 saturated carbocycles. The Morgan fingerprint density at radius 2 is 1.79 bits per heavy atom. The maximum Gasteiger partial charge on any atom is 0.234 e. The number of piperazine rings is 1. The molecule has 1 saturated heterocycles. The number of hydrogen-bond donors (Lipinski definition) is 1. The van der Waals surface area contributed by atoms with Crippen LogP contribution in [0.1, 0.15) is 19.4 Å². The summed E-state index contributed by atoms with van der Waals surface area (Å²) in [5.41, 5.74) is 3.53. The smallest absolute Gasteiger partial charge is 0.234 e. The Morgan fingerprint density at radius 1 is 1.12 bits per heavy atom. The van der Waals surface area contributed by atoms with Crippen LogP contribution in [0.5, 0.6) is 0 Å². The molecule has 1 heterocycles. The van der Waals surface area contributed by atoms with E-state index in [2.05, 4.69) is 29.3 Å². The lowest BCUT2D eigenvalue weighted by molar-refractivity contribution is -0.133. The van der Waals surface area contributed by atoms with Gasteiger partial charge in [-0.25, -0.2) is 0 Å². The number of likely N-dealkylation sites (N-methyl/N-ethyl adjacent to an activating group) is 1. The van der Waals surface area contributed by atoms with Crippen molar-refractivity contribution in [3.63, 3.8) is 0 Å². The molecular formula is C19H25N3O2. The monoisotopic (exact) mass is 327 g/mol. The molecule has 0 bridgehead atoms. The van der Waals surface area contributed by atoms with E-state index in [1.165, 1.54) is 11.1 Å². The molecule has 1 aromatic carbocycles. The highest BCUT2D eigenvalue weighted by atomic mass is 16.2. The third-order valence-corrected chi connectivity index (χ3v) is 4.82. The fourth-order valence-electron chi connectivity index (χ4n) is 3.42. The van der Waals surface area contributed by atoms with Crippen molar-refractivity contribution >= 4 is 17.4 Å². The van der Waals surface area contributed by atoms with Crippen LogP contribution in [0.25, 0.3) is 5.57 Å². The van der Waals surface area contributed by atoms with Crippen LogP contribution in [0.3, 0.4) is 0 Å². The highest BCUT2D eigenvalue weighted by molar-refractivity contribution is 6.05. The molecule has 1 aliphatic carbocycles. The Labute approximate surface area is 143 Å². The van der Waals surface area contributed by atoms with Crippen LogP contribution in [-0.4, -0.2) is 60.9 Å². The van der Waals surface area contributed by atoms with Gasteiger partial charge in [-0.2, -0.15) is 0 Å². The van der Waals surface area contributed by atoms with Gasteiger partial charge < -0.3 is 10.2 Å². The van der Waals surface area contributed by atoms with E-state index >= 15 is 0 Å². The molecule has 2 aliphatic rings. The molecular weight excluding hydrogens is 302 g/mol. The largest absolute Gasteiger partial charge is 0.355 e. The zero-order chi connectivity index (χ0) is 17.1. The van der Waals surface area contributed by atoms with Crippen LogP contribution >= 0.6 is 0 Å². The van der Waals surface area contributed by atoms with Gasteiger partial charge in [0.25, 0.3) is 0 Å². The average Bonchev–Trinajstić information content (AvgIpc) is 3.27. The van der Waals surface area contributed by atoms with E-state index in [1.807, 2.05) is 30.0 Å². The standard InChI is InChI=1S/C19H25N3O2/c1-3-20-16(23)13-21-9-11-22(12-10-21)19(24)18-14(2)17(18)15-7-5-4-6-8-15/h4-8,18H,3,9-13H2,1-2H3,(H,20,23)/t18-/m1/s1. The van der Waals surface area contributed by atoms with Crippen LogP contribution in [0.15, 0.2) is 35.9 Å². The van der Waals surface area contributed by atoms with E-state index < -0.39 is 0 Å². The van der Waals surface area contributed by atoms with Crippen molar-refractivity contribution in [3.05, 3.63) is 41.5 Å². The fourth-order valence-corrected chi connectivity index (χ4v) is 3.42. The van der Waals surface area contributed by atoms with Gasteiger partial charge >= 0.3 is 0 Å². The molecule has 1 aromatic rings. The zero-order valence-electron chi connectivity index (χ0n) is 14.4. The summed E-state index contributed by atoms with van der Waals surface area (Å²) >= 11 is 0. The third-order valence-electron chi connectivity index (χ3n) is 4.82. The zero-order valence-corrected chi connectivity index (χ0v) is 14.4. The molecule has 1 atom stereocenters. The highest BCUT2D eigenvalue weighted by Crippen LogP contribution is 2.47. The minimum Gasteiger partial charge on any atom is -0.355 e. The molecule has 1 fully saturated rings. The average molecular weight is 327 g/mol. The van der Waals surface area contributed by atoms with Crippen molar-refractivity contribution < 1.29 is 9.59 Å². The number of rotatable bonds is 5. The topological polar surface area (TPSA) is 52.7 Å². The Morgan fingerprint density at radius 3 is 2.42 bits per heavy atom. The molecule has 0 aromatic heterocycles. The molecule has 1 aliphatic heterocycles. The highest BCUT2D eigenvalue weighted by Gasteiger charge is 2.42. The summed E-state index contributed by atoms with van der Waals surface area (Å²) in [6.07, 6.45) is 0. The Balaban J connectivity index is 1.51. The van der Waals surface area contributed by atoms with E-state index in [1.54, 1.807) is 0 Å². The predicted molar refractivity (Wildman–Crippen MR) is 94.2 cm³/mol. The molecule has 5 nitrogen and oxygen atoms in total. The van der Waals surface area contributed by atoms with Gasteiger partial charge in [-0.05, 0) is 25.0 Å². The van der Waals surface area contributed by atoms with Gasteiger partial charge in [-0.3, -0.25) is 14.5 Å². The van der Waals surface area contributed by atoms with Crippen molar-refractivity contribution in [1.82, 2.24) is 15.1 Å². The summed E-state index contributed by atoms with van der Waals surface area (Å²) in [5, 5.41) is 2.82. The van der Waals surface area contributed by atoms with E-state index in [0.717, 1.165) is 18.7 Å². The number of hydrogen-bond acceptors (Lipinski definition) is 3. The van der Waals surface area contributed by atoms with Crippen molar-refractivity contribution in [2.24, 2.45) is 5.92 Å². The van der Waals surface area contributed by atoms with Gasteiger partial charge in [-0.15, -0.1) is 0 Å². The second-order valence-corrected chi connectivity index (χ2v) is 6.45. The first-order valence-electron chi connectivity index (χ1n) is 8.65. The number of benzene rings is 1. The maximum absolute atomic E-state index is 12.8. The third kappa shape index (κ3) is 3.51. The summed E-state index contributed by atoms with van der Waals surface area (Å²) in [7, 11) is 0. The molecule has 24 heavy (non-hydrogen) atoms. The first-order valence-corrected chi connectivity index (χ1v) is 8.65. The van der Waals surface area contributed by atoms with Crippen LogP contribution in [-0.2, 0) is 9.59 Å². The quantitative estimate of drug-likeness (QED) is 0.889. The first kappa shape index (κ1) is 16.7. The Hall–Kier alpha value is -2.14. The molecule has 0 radical (unpaired) electrons. The molecule has 2 amide bonds. The SMILES string of the molecule is CCNC(=O)CN1CCN(C(=O)[C@@H]2C(C)=C2c2ccccc2)CC1. The first-order chi connectivity index (χ1) is 11.6. The van der Waals surface area contributed by atoms with E-state index in [-0.39, 0.29) is 17.7 Å². The van der Waals surface area contributed by atoms with Crippen molar-refractivity contribution in [2.75, 3.05) is 39.3 Å². The Bertz CT molecular complexity index is 646. The van der Waals surface area contributed by atoms with Gasteiger partial charge in [0, 0.05) is 32.7 Å². The summed E-state index contributed by atoms with van der Waals surface area (Å²) in [6.45, 7) is 7.97.